The molecule has 0 fully saturated rings. The van der Waals surface area contributed by atoms with E-state index in [-0.39, 0.29) is 10.8 Å². The Labute approximate surface area is 103 Å². The Morgan fingerprint density at radius 1 is 1.29 bits per heavy atom. The molecule has 3 nitrogen and oxygen atoms in total. The van der Waals surface area contributed by atoms with Gasteiger partial charge < -0.3 is 10.5 Å². The third-order valence-corrected chi connectivity index (χ3v) is 2.52. The molecule has 2 aromatic rings. The third kappa shape index (κ3) is 2.54. The molecule has 0 radical (unpaired) electrons. The van der Waals surface area contributed by atoms with Crippen LogP contribution in [0, 0.1) is 5.82 Å². The van der Waals surface area contributed by atoms with E-state index < -0.39 is 5.82 Å². The summed E-state index contributed by atoms with van der Waals surface area (Å²) in [5.41, 5.74) is 6.29. The van der Waals surface area contributed by atoms with E-state index in [0.717, 1.165) is 5.56 Å². The topological polar surface area (TPSA) is 48.1 Å². The summed E-state index contributed by atoms with van der Waals surface area (Å²) in [6, 6.07) is 6.28. The lowest BCUT2D eigenvalue weighted by atomic mass is 10.2. The van der Waals surface area contributed by atoms with E-state index in [1.54, 1.807) is 18.3 Å². The molecule has 1 aromatic carbocycles. The number of pyridine rings is 1. The highest BCUT2D eigenvalue weighted by Crippen LogP contribution is 2.29. The van der Waals surface area contributed by atoms with E-state index in [1.807, 2.05) is 0 Å². The lowest BCUT2D eigenvalue weighted by Crippen LogP contribution is -2.00. The van der Waals surface area contributed by atoms with Gasteiger partial charge in [0.05, 0.1) is 11.2 Å². The summed E-state index contributed by atoms with van der Waals surface area (Å²) in [5, 5.41) is 0.0145. The Bertz CT molecular complexity index is 534. The summed E-state index contributed by atoms with van der Waals surface area (Å²) >= 11 is 5.66. The first kappa shape index (κ1) is 11.8. The molecule has 0 aliphatic carbocycles. The minimum absolute atomic E-state index is 0.0145. The van der Waals surface area contributed by atoms with E-state index in [9.17, 15) is 4.39 Å². The lowest BCUT2D eigenvalue weighted by molar-refractivity contribution is 0.436. The number of halogens is 2. The summed E-state index contributed by atoms with van der Waals surface area (Å²) < 4.78 is 19.0. The smallest absolute Gasteiger partial charge is 0.184 e. The SMILES string of the molecule is NCc1ccncc1Oc1cccc(Cl)c1F. The number of hydrogen-bond donors (Lipinski definition) is 1. The van der Waals surface area contributed by atoms with Crippen molar-refractivity contribution in [2.75, 3.05) is 0 Å². The highest BCUT2D eigenvalue weighted by Gasteiger charge is 2.10. The van der Waals surface area contributed by atoms with Crippen LogP contribution in [-0.2, 0) is 6.54 Å². The summed E-state index contributed by atoms with van der Waals surface area (Å²) in [6.07, 6.45) is 3.09. The first-order valence-corrected chi connectivity index (χ1v) is 5.35. The van der Waals surface area contributed by atoms with E-state index in [2.05, 4.69) is 4.98 Å². The predicted molar refractivity (Wildman–Crippen MR) is 63.6 cm³/mol. The molecule has 0 aliphatic heterocycles. The molecule has 0 unspecified atom stereocenters. The Hall–Kier alpha value is -1.65. The van der Waals surface area contributed by atoms with Gasteiger partial charge in [0.2, 0.25) is 0 Å². The molecule has 5 heteroatoms. The summed E-state index contributed by atoms with van der Waals surface area (Å²) in [6.45, 7) is 0.292. The first-order valence-electron chi connectivity index (χ1n) is 4.97. The largest absolute Gasteiger partial charge is 0.452 e. The van der Waals surface area contributed by atoms with Crippen LogP contribution in [0.3, 0.4) is 0 Å². The number of benzene rings is 1. The van der Waals surface area contributed by atoms with E-state index in [4.69, 9.17) is 22.1 Å². The molecule has 17 heavy (non-hydrogen) atoms. The normalized spacial score (nSPS) is 10.3. The van der Waals surface area contributed by atoms with Crippen LogP contribution < -0.4 is 10.5 Å². The van der Waals surface area contributed by atoms with Crippen LogP contribution in [0.25, 0.3) is 0 Å². The number of rotatable bonds is 3. The molecule has 0 atom stereocenters. The van der Waals surface area contributed by atoms with Gasteiger partial charge in [-0.2, -0.15) is 0 Å². The Kier molecular flexibility index (Phi) is 3.56. The molecule has 0 aliphatic rings. The number of nitrogens with two attached hydrogens (primary N) is 1. The van der Waals surface area contributed by atoms with E-state index in [0.29, 0.717) is 12.3 Å². The van der Waals surface area contributed by atoms with Crippen molar-refractivity contribution in [3.05, 3.63) is 53.1 Å². The molecule has 0 spiro atoms. The quantitative estimate of drug-likeness (QED) is 0.913. The van der Waals surface area contributed by atoms with Crippen LogP contribution in [0.2, 0.25) is 5.02 Å². The third-order valence-electron chi connectivity index (χ3n) is 2.23. The standard InChI is InChI=1S/C12H10ClFN2O/c13-9-2-1-3-10(12(9)14)17-11-7-16-5-4-8(11)6-15/h1-5,7H,6,15H2. The molecule has 1 aromatic heterocycles. The predicted octanol–water partition coefficient (Wildman–Crippen LogP) is 3.13. The van der Waals surface area contributed by atoms with Gasteiger partial charge in [-0.15, -0.1) is 0 Å². The van der Waals surface area contributed by atoms with Gasteiger partial charge in [-0.3, -0.25) is 4.98 Å². The van der Waals surface area contributed by atoms with Gasteiger partial charge in [-0.05, 0) is 18.2 Å². The maximum atomic E-state index is 13.6. The molecule has 88 valence electrons. The van der Waals surface area contributed by atoms with Gasteiger partial charge in [0.1, 0.15) is 5.75 Å². The van der Waals surface area contributed by atoms with Crippen molar-refractivity contribution in [3.63, 3.8) is 0 Å². The van der Waals surface area contributed by atoms with Crippen LogP contribution in [0.5, 0.6) is 11.5 Å². The van der Waals surface area contributed by atoms with E-state index in [1.165, 1.54) is 18.3 Å². The monoisotopic (exact) mass is 252 g/mol. The van der Waals surface area contributed by atoms with E-state index >= 15 is 0 Å². The van der Waals surface area contributed by atoms with Crippen molar-refractivity contribution < 1.29 is 9.13 Å². The van der Waals surface area contributed by atoms with Gasteiger partial charge in [-0.25, -0.2) is 4.39 Å². The average Bonchev–Trinajstić information content (AvgIpc) is 2.35. The van der Waals surface area contributed by atoms with Crippen LogP contribution in [0.15, 0.2) is 36.7 Å². The van der Waals surface area contributed by atoms with Crippen molar-refractivity contribution in [3.8, 4) is 11.5 Å². The number of nitrogens with zero attached hydrogens (tertiary/aromatic N) is 1. The molecular formula is C12H10ClFN2O. The van der Waals surface area contributed by atoms with Gasteiger partial charge in [0.15, 0.2) is 11.6 Å². The second kappa shape index (κ2) is 5.12. The minimum Gasteiger partial charge on any atom is -0.452 e. The van der Waals surface area contributed by atoms with Crippen LogP contribution in [0.4, 0.5) is 4.39 Å². The fraction of sp³-hybridized carbons (Fsp3) is 0.0833. The van der Waals surface area contributed by atoms with Crippen molar-refractivity contribution in [1.82, 2.24) is 4.98 Å². The molecule has 1 heterocycles. The summed E-state index contributed by atoms with van der Waals surface area (Å²) in [4.78, 5) is 3.91. The molecule has 0 saturated carbocycles. The Balaban J connectivity index is 2.35. The fourth-order valence-electron chi connectivity index (χ4n) is 1.35. The van der Waals surface area contributed by atoms with Gasteiger partial charge in [-0.1, -0.05) is 17.7 Å². The molecule has 2 rings (SSSR count). The van der Waals surface area contributed by atoms with Crippen LogP contribution in [-0.4, -0.2) is 4.98 Å². The van der Waals surface area contributed by atoms with Crippen LogP contribution >= 0.6 is 11.6 Å². The second-order valence-corrected chi connectivity index (χ2v) is 3.75. The van der Waals surface area contributed by atoms with Crippen molar-refractivity contribution in [1.29, 1.82) is 0 Å². The number of aromatic nitrogens is 1. The van der Waals surface area contributed by atoms with Crippen LogP contribution in [0.1, 0.15) is 5.56 Å². The number of ether oxygens (including phenoxy) is 1. The molecular weight excluding hydrogens is 243 g/mol. The molecule has 0 amide bonds. The van der Waals surface area contributed by atoms with Crippen molar-refractivity contribution in [2.45, 2.75) is 6.54 Å². The highest BCUT2D eigenvalue weighted by molar-refractivity contribution is 6.30. The zero-order valence-corrected chi connectivity index (χ0v) is 9.62. The Morgan fingerprint density at radius 3 is 2.88 bits per heavy atom. The average molecular weight is 253 g/mol. The highest BCUT2D eigenvalue weighted by atomic mass is 35.5. The van der Waals surface area contributed by atoms with Gasteiger partial charge in [0, 0.05) is 18.3 Å². The maximum absolute atomic E-state index is 13.6. The summed E-state index contributed by atoms with van der Waals surface area (Å²) in [7, 11) is 0. The Morgan fingerprint density at radius 2 is 2.12 bits per heavy atom. The number of hydrogen-bond acceptors (Lipinski definition) is 3. The lowest BCUT2D eigenvalue weighted by Gasteiger charge is -2.10. The molecule has 0 saturated heterocycles. The van der Waals surface area contributed by atoms with Gasteiger partial charge in [0.25, 0.3) is 0 Å². The first-order chi connectivity index (χ1) is 8.22. The van der Waals surface area contributed by atoms with Gasteiger partial charge >= 0.3 is 0 Å². The van der Waals surface area contributed by atoms with Crippen molar-refractivity contribution in [2.24, 2.45) is 5.73 Å². The molecule has 2 N–H and O–H groups in total. The fourth-order valence-corrected chi connectivity index (χ4v) is 1.52. The zero-order chi connectivity index (χ0) is 12.3. The second-order valence-electron chi connectivity index (χ2n) is 3.34. The minimum atomic E-state index is -0.596. The molecule has 0 bridgehead atoms. The summed E-state index contributed by atoms with van der Waals surface area (Å²) in [5.74, 6) is -0.114. The van der Waals surface area contributed by atoms with Crippen molar-refractivity contribution >= 4 is 11.6 Å². The maximum Gasteiger partial charge on any atom is 0.184 e. The zero-order valence-electron chi connectivity index (χ0n) is 8.86.